The molecule has 0 saturated carbocycles. The summed E-state index contributed by atoms with van der Waals surface area (Å²) >= 11 is 0. The first-order valence-electron chi connectivity index (χ1n) is 2.75. The van der Waals surface area contributed by atoms with Crippen molar-refractivity contribution in [3.63, 3.8) is 0 Å². The summed E-state index contributed by atoms with van der Waals surface area (Å²) in [7, 11) is 0. The standard InChI is InChI=1S/C6H10N2O/c7-5-2-1-3-6(8,9)4-5/h1-3,9H,4,7-8H2. The number of aliphatic hydroxyl groups is 1. The molecule has 3 heteroatoms. The van der Waals surface area contributed by atoms with Crippen molar-refractivity contribution in [3.8, 4) is 0 Å². The summed E-state index contributed by atoms with van der Waals surface area (Å²) in [6.07, 6.45) is 5.22. The van der Waals surface area contributed by atoms with Gasteiger partial charge in [-0.1, -0.05) is 6.08 Å². The molecule has 0 spiro atoms. The van der Waals surface area contributed by atoms with Crippen LogP contribution < -0.4 is 11.5 Å². The van der Waals surface area contributed by atoms with Crippen molar-refractivity contribution < 1.29 is 5.11 Å². The van der Waals surface area contributed by atoms with Gasteiger partial charge in [0.2, 0.25) is 0 Å². The zero-order valence-corrected chi connectivity index (χ0v) is 5.04. The highest BCUT2D eigenvalue weighted by molar-refractivity contribution is 5.21. The monoisotopic (exact) mass is 126 g/mol. The molecule has 3 nitrogen and oxygen atoms in total. The van der Waals surface area contributed by atoms with Gasteiger partial charge in [-0.15, -0.1) is 0 Å². The van der Waals surface area contributed by atoms with Gasteiger partial charge in [0.25, 0.3) is 0 Å². The third kappa shape index (κ3) is 1.55. The molecule has 1 atom stereocenters. The summed E-state index contributed by atoms with van der Waals surface area (Å²) in [5.41, 5.74) is 10.1. The lowest BCUT2D eigenvalue weighted by Crippen LogP contribution is -2.39. The van der Waals surface area contributed by atoms with E-state index >= 15 is 0 Å². The minimum Gasteiger partial charge on any atom is -0.402 e. The van der Waals surface area contributed by atoms with Crippen LogP contribution in [-0.4, -0.2) is 10.8 Å². The SMILES string of the molecule is NC1=CC=CC(N)(O)C1. The molecule has 1 unspecified atom stereocenters. The van der Waals surface area contributed by atoms with Gasteiger partial charge in [-0.3, -0.25) is 5.73 Å². The second-order valence-corrected chi connectivity index (χ2v) is 2.27. The van der Waals surface area contributed by atoms with E-state index in [2.05, 4.69) is 0 Å². The second-order valence-electron chi connectivity index (χ2n) is 2.27. The number of hydrogen-bond donors (Lipinski definition) is 3. The van der Waals surface area contributed by atoms with Crippen LogP contribution in [0.1, 0.15) is 6.42 Å². The zero-order valence-electron chi connectivity index (χ0n) is 5.04. The van der Waals surface area contributed by atoms with Gasteiger partial charge in [-0.25, -0.2) is 0 Å². The fraction of sp³-hybridized carbons (Fsp3) is 0.333. The maximum Gasteiger partial charge on any atom is 0.138 e. The largest absolute Gasteiger partial charge is 0.402 e. The lowest BCUT2D eigenvalue weighted by molar-refractivity contribution is 0.0970. The number of rotatable bonds is 0. The third-order valence-corrected chi connectivity index (χ3v) is 1.18. The molecule has 1 aliphatic carbocycles. The van der Waals surface area contributed by atoms with E-state index in [9.17, 15) is 0 Å². The van der Waals surface area contributed by atoms with E-state index in [0.29, 0.717) is 12.1 Å². The quantitative estimate of drug-likeness (QED) is 0.381. The normalized spacial score (nSPS) is 34.2. The molecular formula is C6H10N2O. The van der Waals surface area contributed by atoms with Gasteiger partial charge in [0.1, 0.15) is 5.72 Å². The predicted octanol–water partition coefficient (Wildman–Crippen LogP) is -0.564. The van der Waals surface area contributed by atoms with Crippen molar-refractivity contribution in [3.05, 3.63) is 23.9 Å². The summed E-state index contributed by atoms with van der Waals surface area (Å²) in [6, 6.07) is 0. The van der Waals surface area contributed by atoms with E-state index in [-0.39, 0.29) is 0 Å². The molecule has 0 aliphatic heterocycles. The fourth-order valence-corrected chi connectivity index (χ4v) is 0.783. The van der Waals surface area contributed by atoms with Crippen LogP contribution in [0.5, 0.6) is 0 Å². The summed E-state index contributed by atoms with van der Waals surface area (Å²) < 4.78 is 0. The topological polar surface area (TPSA) is 72.3 Å². The molecule has 0 aromatic heterocycles. The van der Waals surface area contributed by atoms with Crippen molar-refractivity contribution in [2.75, 3.05) is 0 Å². The van der Waals surface area contributed by atoms with E-state index in [4.69, 9.17) is 16.6 Å². The van der Waals surface area contributed by atoms with Gasteiger partial charge in [-0.2, -0.15) is 0 Å². The summed E-state index contributed by atoms with van der Waals surface area (Å²) in [6.45, 7) is 0. The Balaban J connectivity index is 2.73. The van der Waals surface area contributed by atoms with Gasteiger partial charge in [0.05, 0.1) is 0 Å². The van der Waals surface area contributed by atoms with E-state index in [1.165, 1.54) is 6.08 Å². The van der Waals surface area contributed by atoms with Gasteiger partial charge >= 0.3 is 0 Å². The molecule has 50 valence electrons. The Kier molecular flexibility index (Phi) is 1.31. The van der Waals surface area contributed by atoms with E-state index in [1.54, 1.807) is 12.2 Å². The van der Waals surface area contributed by atoms with Gasteiger partial charge in [0, 0.05) is 12.1 Å². The average molecular weight is 126 g/mol. The first-order valence-corrected chi connectivity index (χ1v) is 2.75. The molecule has 0 saturated heterocycles. The van der Waals surface area contributed by atoms with Crippen LogP contribution >= 0.6 is 0 Å². The van der Waals surface area contributed by atoms with Crippen LogP contribution in [0.3, 0.4) is 0 Å². The molecule has 1 aliphatic rings. The van der Waals surface area contributed by atoms with Crippen molar-refractivity contribution >= 4 is 0 Å². The van der Waals surface area contributed by atoms with Crippen LogP contribution in [0.15, 0.2) is 23.9 Å². The highest BCUT2D eigenvalue weighted by Crippen LogP contribution is 2.13. The molecule has 0 fully saturated rings. The minimum atomic E-state index is -1.22. The molecular weight excluding hydrogens is 116 g/mol. The molecule has 0 amide bonds. The Hall–Kier alpha value is -0.800. The van der Waals surface area contributed by atoms with Gasteiger partial charge < -0.3 is 10.8 Å². The highest BCUT2D eigenvalue weighted by Gasteiger charge is 2.19. The number of allylic oxidation sites excluding steroid dienone is 2. The molecule has 1 rings (SSSR count). The van der Waals surface area contributed by atoms with Crippen LogP contribution in [0, 0.1) is 0 Å². The molecule has 0 aromatic carbocycles. The molecule has 0 heterocycles. The number of nitrogens with two attached hydrogens (primary N) is 2. The minimum absolute atomic E-state index is 0.323. The average Bonchev–Trinajstić information content (AvgIpc) is 1.60. The highest BCUT2D eigenvalue weighted by atomic mass is 16.3. The van der Waals surface area contributed by atoms with Crippen molar-refractivity contribution in [2.24, 2.45) is 11.5 Å². The van der Waals surface area contributed by atoms with Crippen LogP contribution in [0.4, 0.5) is 0 Å². The van der Waals surface area contributed by atoms with Gasteiger partial charge in [-0.05, 0) is 12.2 Å². The Morgan fingerprint density at radius 2 is 2.33 bits per heavy atom. The fourth-order valence-electron chi connectivity index (χ4n) is 0.783. The summed E-state index contributed by atoms with van der Waals surface area (Å²) in [4.78, 5) is 0. The Bertz CT molecular complexity index is 170. The molecule has 9 heavy (non-hydrogen) atoms. The Morgan fingerprint density at radius 3 is 2.67 bits per heavy atom. The Labute approximate surface area is 53.7 Å². The molecule has 0 radical (unpaired) electrons. The van der Waals surface area contributed by atoms with Crippen molar-refractivity contribution in [2.45, 2.75) is 12.1 Å². The van der Waals surface area contributed by atoms with Gasteiger partial charge in [0.15, 0.2) is 0 Å². The zero-order chi connectivity index (χ0) is 6.91. The van der Waals surface area contributed by atoms with Crippen LogP contribution in [-0.2, 0) is 0 Å². The molecule has 0 aromatic rings. The third-order valence-electron chi connectivity index (χ3n) is 1.18. The lowest BCUT2D eigenvalue weighted by atomic mass is 10.0. The van der Waals surface area contributed by atoms with Crippen molar-refractivity contribution in [1.29, 1.82) is 0 Å². The van der Waals surface area contributed by atoms with Crippen LogP contribution in [0.2, 0.25) is 0 Å². The van der Waals surface area contributed by atoms with Crippen LogP contribution in [0.25, 0.3) is 0 Å². The molecule has 0 bridgehead atoms. The van der Waals surface area contributed by atoms with E-state index in [1.807, 2.05) is 0 Å². The maximum absolute atomic E-state index is 9.12. The first kappa shape index (κ1) is 6.32. The smallest absolute Gasteiger partial charge is 0.138 e. The maximum atomic E-state index is 9.12. The van der Waals surface area contributed by atoms with E-state index in [0.717, 1.165) is 0 Å². The molecule has 5 N–H and O–H groups in total. The first-order chi connectivity index (χ1) is 4.10. The summed E-state index contributed by atoms with van der Waals surface area (Å²) in [5, 5.41) is 9.12. The lowest BCUT2D eigenvalue weighted by Gasteiger charge is -2.21. The second kappa shape index (κ2) is 1.86. The predicted molar refractivity (Wildman–Crippen MR) is 35.2 cm³/mol. The van der Waals surface area contributed by atoms with E-state index < -0.39 is 5.72 Å². The van der Waals surface area contributed by atoms with Crippen molar-refractivity contribution in [1.82, 2.24) is 0 Å². The number of hydrogen-bond acceptors (Lipinski definition) is 3. The summed E-state index contributed by atoms with van der Waals surface area (Å²) in [5.74, 6) is 0. The Morgan fingerprint density at radius 1 is 1.67 bits per heavy atom.